The van der Waals surface area contributed by atoms with Crippen LogP contribution in [0.3, 0.4) is 0 Å². The summed E-state index contributed by atoms with van der Waals surface area (Å²) in [4.78, 5) is 42.3. The molecule has 0 bridgehead atoms. The second-order valence-electron chi connectivity index (χ2n) is 9.62. The van der Waals surface area contributed by atoms with E-state index in [0.717, 1.165) is 27.6 Å². The van der Waals surface area contributed by atoms with Crippen LogP contribution in [0.1, 0.15) is 53.9 Å². The molecule has 3 aromatic rings. The topological polar surface area (TPSA) is 129 Å². The van der Waals surface area contributed by atoms with Gasteiger partial charge in [0.25, 0.3) is 5.91 Å². The van der Waals surface area contributed by atoms with Crippen molar-refractivity contribution in [2.24, 2.45) is 5.73 Å². The fraction of sp³-hybridized carbons (Fsp3) is 0.370. The molecule has 4 rings (SSSR count). The number of ketones is 1. The molecule has 2 amide bonds. The van der Waals surface area contributed by atoms with Gasteiger partial charge in [-0.3, -0.25) is 14.4 Å². The SMILES string of the molecule is CCNC(=O)c1ccc2c(c1)CCNC2C(=O)C(Cc1c[nH]c2ccccc12)NC(=O)C(C)(C)N.Cl. The summed E-state index contributed by atoms with van der Waals surface area (Å²) in [5.74, 6) is -0.663. The number of hydrogen-bond donors (Lipinski definition) is 5. The van der Waals surface area contributed by atoms with Gasteiger partial charge in [0.2, 0.25) is 5.91 Å². The summed E-state index contributed by atoms with van der Waals surface area (Å²) in [6.45, 7) is 6.25. The molecule has 2 heterocycles. The van der Waals surface area contributed by atoms with E-state index in [1.54, 1.807) is 19.9 Å². The Morgan fingerprint density at radius 2 is 1.92 bits per heavy atom. The van der Waals surface area contributed by atoms with Crippen molar-refractivity contribution in [3.63, 3.8) is 0 Å². The molecule has 2 unspecified atom stereocenters. The quantitative estimate of drug-likeness (QED) is 0.317. The molecular weight excluding hydrogens is 478 g/mol. The molecule has 9 heteroatoms. The number of nitrogens with one attached hydrogen (secondary N) is 4. The number of aromatic amines is 1. The molecule has 192 valence electrons. The number of Topliss-reactive ketones (excluding diaryl/α,β-unsaturated/α-hetero) is 1. The van der Waals surface area contributed by atoms with Crippen LogP contribution in [0.15, 0.2) is 48.7 Å². The standard InChI is InChI=1S/C27H33N5O3.ClH/c1-4-29-25(34)17-9-10-20-16(13-17)11-12-30-23(20)24(33)22(32-26(35)27(2,3)28)14-18-15-31-21-8-6-5-7-19(18)21;/h5-10,13,15,22-23,30-31H,4,11-12,14,28H2,1-3H3,(H,29,34)(H,32,35);1H. The van der Waals surface area contributed by atoms with Gasteiger partial charge >= 0.3 is 0 Å². The van der Waals surface area contributed by atoms with Gasteiger partial charge in [0.1, 0.15) is 0 Å². The van der Waals surface area contributed by atoms with E-state index in [0.29, 0.717) is 31.5 Å². The molecule has 2 atom stereocenters. The van der Waals surface area contributed by atoms with Crippen LogP contribution in [0.5, 0.6) is 0 Å². The molecule has 1 aliphatic rings. The number of fused-ring (bicyclic) bond motifs is 2. The van der Waals surface area contributed by atoms with E-state index in [-0.39, 0.29) is 24.1 Å². The fourth-order valence-electron chi connectivity index (χ4n) is 4.51. The first-order valence-corrected chi connectivity index (χ1v) is 12.0. The van der Waals surface area contributed by atoms with Crippen molar-refractivity contribution in [1.82, 2.24) is 20.9 Å². The highest BCUT2D eigenvalue weighted by atomic mass is 35.5. The number of rotatable bonds is 8. The van der Waals surface area contributed by atoms with Crippen LogP contribution in [0.4, 0.5) is 0 Å². The van der Waals surface area contributed by atoms with E-state index in [2.05, 4.69) is 20.9 Å². The molecule has 0 aliphatic carbocycles. The zero-order chi connectivity index (χ0) is 25.2. The number of hydrogen-bond acceptors (Lipinski definition) is 5. The molecule has 6 N–H and O–H groups in total. The number of carbonyl (C=O) groups is 3. The maximum Gasteiger partial charge on any atom is 0.251 e. The van der Waals surface area contributed by atoms with Crippen LogP contribution in [0.2, 0.25) is 0 Å². The molecule has 0 fully saturated rings. The van der Waals surface area contributed by atoms with Crippen LogP contribution in [-0.4, -0.2) is 47.3 Å². The highest BCUT2D eigenvalue weighted by Gasteiger charge is 2.35. The van der Waals surface area contributed by atoms with Gasteiger partial charge < -0.3 is 26.7 Å². The summed E-state index contributed by atoms with van der Waals surface area (Å²) in [6.07, 6.45) is 2.92. The van der Waals surface area contributed by atoms with Crippen LogP contribution in [0, 0.1) is 0 Å². The van der Waals surface area contributed by atoms with Gasteiger partial charge in [-0.1, -0.05) is 24.3 Å². The number of H-pyrrole nitrogens is 1. The van der Waals surface area contributed by atoms with Gasteiger partial charge in [0, 0.05) is 42.2 Å². The van der Waals surface area contributed by atoms with E-state index >= 15 is 0 Å². The third kappa shape index (κ3) is 5.78. The number of nitrogens with two attached hydrogens (primary N) is 1. The highest BCUT2D eigenvalue weighted by Crippen LogP contribution is 2.27. The lowest BCUT2D eigenvalue weighted by Crippen LogP contribution is -2.56. The summed E-state index contributed by atoms with van der Waals surface area (Å²) in [5, 5.41) is 10.0. The highest BCUT2D eigenvalue weighted by molar-refractivity contribution is 5.97. The van der Waals surface area contributed by atoms with Gasteiger partial charge in [0.05, 0.1) is 17.6 Å². The fourth-order valence-corrected chi connectivity index (χ4v) is 4.51. The number of aromatic nitrogens is 1. The lowest BCUT2D eigenvalue weighted by molar-refractivity contribution is -0.131. The van der Waals surface area contributed by atoms with Gasteiger partial charge in [0.15, 0.2) is 5.78 Å². The Kier molecular flexibility index (Phi) is 8.55. The third-order valence-electron chi connectivity index (χ3n) is 6.41. The summed E-state index contributed by atoms with van der Waals surface area (Å²) in [5.41, 5.74) is 9.19. The Labute approximate surface area is 217 Å². The molecule has 8 nitrogen and oxygen atoms in total. The van der Waals surface area contributed by atoms with Crippen molar-refractivity contribution >= 4 is 40.9 Å². The normalized spacial score (nSPS) is 15.9. The second-order valence-corrected chi connectivity index (χ2v) is 9.62. The molecule has 36 heavy (non-hydrogen) atoms. The van der Waals surface area contributed by atoms with Gasteiger partial charge in [-0.15, -0.1) is 12.4 Å². The first-order valence-electron chi connectivity index (χ1n) is 12.0. The van der Waals surface area contributed by atoms with Crippen molar-refractivity contribution in [2.45, 2.75) is 51.2 Å². The Morgan fingerprint density at radius 3 is 2.64 bits per heavy atom. The minimum Gasteiger partial charge on any atom is -0.361 e. The van der Waals surface area contributed by atoms with Crippen molar-refractivity contribution < 1.29 is 14.4 Å². The maximum atomic E-state index is 13.9. The minimum absolute atomic E-state index is 0. The van der Waals surface area contributed by atoms with E-state index < -0.39 is 23.5 Å². The molecule has 1 aromatic heterocycles. The Balaban J connectivity index is 0.00000361. The van der Waals surface area contributed by atoms with Crippen molar-refractivity contribution in [3.8, 4) is 0 Å². The van der Waals surface area contributed by atoms with Gasteiger partial charge in [-0.05, 0) is 62.1 Å². The van der Waals surface area contributed by atoms with Crippen molar-refractivity contribution in [2.75, 3.05) is 13.1 Å². The lowest BCUT2D eigenvalue weighted by atomic mass is 9.86. The summed E-state index contributed by atoms with van der Waals surface area (Å²) in [6, 6.07) is 11.9. The Bertz CT molecular complexity index is 1260. The molecule has 2 aromatic carbocycles. The van der Waals surface area contributed by atoms with E-state index in [1.807, 2.05) is 49.5 Å². The first kappa shape index (κ1) is 27.4. The Morgan fingerprint density at radius 1 is 1.17 bits per heavy atom. The number of carbonyl (C=O) groups excluding carboxylic acids is 3. The molecule has 0 saturated carbocycles. The molecular formula is C27H34ClN5O3. The zero-order valence-corrected chi connectivity index (χ0v) is 21.6. The summed E-state index contributed by atoms with van der Waals surface area (Å²) >= 11 is 0. The number of benzene rings is 2. The zero-order valence-electron chi connectivity index (χ0n) is 20.8. The van der Waals surface area contributed by atoms with Crippen LogP contribution < -0.4 is 21.7 Å². The number of amides is 2. The summed E-state index contributed by atoms with van der Waals surface area (Å²) < 4.78 is 0. The number of para-hydroxylation sites is 1. The van der Waals surface area contributed by atoms with Crippen molar-refractivity contribution in [3.05, 3.63) is 70.9 Å². The smallest absolute Gasteiger partial charge is 0.251 e. The molecule has 0 spiro atoms. The largest absolute Gasteiger partial charge is 0.361 e. The minimum atomic E-state index is -1.13. The van der Waals surface area contributed by atoms with Crippen LogP contribution in [-0.2, 0) is 22.4 Å². The molecule has 1 aliphatic heterocycles. The monoisotopic (exact) mass is 511 g/mol. The average molecular weight is 512 g/mol. The van der Waals surface area contributed by atoms with Gasteiger partial charge in [-0.25, -0.2) is 0 Å². The van der Waals surface area contributed by atoms with E-state index in [4.69, 9.17) is 5.73 Å². The second kappa shape index (κ2) is 11.2. The lowest BCUT2D eigenvalue weighted by Gasteiger charge is -2.31. The van der Waals surface area contributed by atoms with Gasteiger partial charge in [-0.2, -0.15) is 0 Å². The maximum absolute atomic E-state index is 13.9. The predicted octanol–water partition coefficient (Wildman–Crippen LogP) is 2.56. The molecule has 0 radical (unpaired) electrons. The Hall–Kier alpha value is -3.20. The average Bonchev–Trinajstić information content (AvgIpc) is 3.24. The van der Waals surface area contributed by atoms with E-state index in [9.17, 15) is 14.4 Å². The first-order chi connectivity index (χ1) is 16.7. The third-order valence-corrected chi connectivity index (χ3v) is 6.41. The predicted molar refractivity (Wildman–Crippen MR) is 143 cm³/mol. The molecule has 0 saturated heterocycles. The van der Waals surface area contributed by atoms with E-state index in [1.165, 1.54) is 0 Å². The van der Waals surface area contributed by atoms with Crippen LogP contribution >= 0.6 is 12.4 Å². The van der Waals surface area contributed by atoms with Crippen LogP contribution in [0.25, 0.3) is 10.9 Å². The summed E-state index contributed by atoms with van der Waals surface area (Å²) in [7, 11) is 0. The van der Waals surface area contributed by atoms with Crippen molar-refractivity contribution in [1.29, 1.82) is 0 Å². The number of halogens is 1.